The quantitative estimate of drug-likeness (QED) is 0.656. The van der Waals surface area contributed by atoms with Gasteiger partial charge in [-0.25, -0.2) is 9.78 Å². The molecule has 6 heteroatoms. The van der Waals surface area contributed by atoms with Crippen molar-refractivity contribution < 1.29 is 0 Å². The van der Waals surface area contributed by atoms with Gasteiger partial charge in [0.05, 0.1) is 0 Å². The summed E-state index contributed by atoms with van der Waals surface area (Å²) in [7, 11) is 0. The Morgan fingerprint density at radius 1 is 1.06 bits per heavy atom. The van der Waals surface area contributed by atoms with Crippen molar-refractivity contribution >= 4 is 11.2 Å². The smallest absolute Gasteiger partial charge is 0.308 e. The predicted octanol–water partition coefficient (Wildman–Crippen LogP) is 0.597. The fraction of sp³-hybridized carbons (Fsp3) is 0.500. The molecule has 1 fully saturated rings. The van der Waals surface area contributed by atoms with E-state index < -0.39 is 5.69 Å². The Labute approximate surface area is 90.1 Å². The van der Waals surface area contributed by atoms with Crippen LogP contribution in [0.3, 0.4) is 0 Å². The Bertz CT molecular complexity index is 630. The first kappa shape index (κ1) is 9.38. The number of hydrogen-bond acceptors (Lipinski definition) is 3. The SMILES string of the molecule is O=c1[nH]c2nc(C3CCCC3)[nH]c(=O)c2[nH]1. The van der Waals surface area contributed by atoms with Crippen LogP contribution in [-0.4, -0.2) is 19.9 Å². The highest BCUT2D eigenvalue weighted by molar-refractivity contribution is 5.68. The molecule has 1 aliphatic rings. The molecule has 0 spiro atoms. The molecule has 0 atom stereocenters. The lowest BCUT2D eigenvalue weighted by atomic mass is 10.1. The van der Waals surface area contributed by atoms with Gasteiger partial charge in [-0.3, -0.25) is 14.8 Å². The lowest BCUT2D eigenvalue weighted by Crippen LogP contribution is -2.14. The molecule has 84 valence electrons. The van der Waals surface area contributed by atoms with Gasteiger partial charge in [-0.05, 0) is 12.8 Å². The normalized spacial score (nSPS) is 17.2. The molecular formula is C10H12N4O2. The van der Waals surface area contributed by atoms with Gasteiger partial charge in [0.15, 0.2) is 11.2 Å². The van der Waals surface area contributed by atoms with Crippen molar-refractivity contribution in [2.24, 2.45) is 0 Å². The molecule has 0 unspecified atom stereocenters. The number of hydrogen-bond donors (Lipinski definition) is 3. The Balaban J connectivity index is 2.20. The first-order chi connectivity index (χ1) is 7.74. The molecule has 0 amide bonds. The third kappa shape index (κ3) is 1.37. The minimum atomic E-state index is -0.392. The van der Waals surface area contributed by atoms with Gasteiger partial charge in [-0.1, -0.05) is 12.8 Å². The predicted molar refractivity (Wildman–Crippen MR) is 58.5 cm³/mol. The van der Waals surface area contributed by atoms with E-state index in [-0.39, 0.29) is 11.1 Å². The summed E-state index contributed by atoms with van der Waals surface area (Å²) in [5.41, 5.74) is -0.0794. The van der Waals surface area contributed by atoms with Gasteiger partial charge < -0.3 is 4.98 Å². The summed E-state index contributed by atoms with van der Waals surface area (Å²) < 4.78 is 0. The van der Waals surface area contributed by atoms with Crippen LogP contribution in [0.15, 0.2) is 9.59 Å². The van der Waals surface area contributed by atoms with Crippen LogP contribution in [0.4, 0.5) is 0 Å². The molecule has 2 heterocycles. The van der Waals surface area contributed by atoms with Crippen molar-refractivity contribution in [2.75, 3.05) is 0 Å². The molecule has 2 aromatic heterocycles. The number of nitrogens with one attached hydrogen (secondary N) is 3. The van der Waals surface area contributed by atoms with Gasteiger partial charge in [0, 0.05) is 5.92 Å². The highest BCUT2D eigenvalue weighted by Crippen LogP contribution is 2.31. The van der Waals surface area contributed by atoms with Crippen LogP contribution in [0.25, 0.3) is 11.2 Å². The first-order valence-electron chi connectivity index (χ1n) is 5.46. The summed E-state index contributed by atoms with van der Waals surface area (Å²) >= 11 is 0. The molecule has 16 heavy (non-hydrogen) atoms. The van der Waals surface area contributed by atoms with Gasteiger partial charge in [0.2, 0.25) is 0 Å². The number of H-pyrrole nitrogens is 3. The Hall–Kier alpha value is -1.85. The van der Waals surface area contributed by atoms with Crippen LogP contribution in [0.5, 0.6) is 0 Å². The van der Waals surface area contributed by atoms with Crippen molar-refractivity contribution in [3.63, 3.8) is 0 Å². The van der Waals surface area contributed by atoms with E-state index >= 15 is 0 Å². The molecular weight excluding hydrogens is 208 g/mol. The van der Waals surface area contributed by atoms with E-state index in [1.165, 1.54) is 12.8 Å². The molecule has 2 aromatic rings. The summed E-state index contributed by atoms with van der Waals surface area (Å²) in [5.74, 6) is 1.03. The van der Waals surface area contributed by atoms with Gasteiger partial charge in [-0.15, -0.1) is 0 Å². The van der Waals surface area contributed by atoms with Gasteiger partial charge in [0.1, 0.15) is 5.82 Å². The third-order valence-corrected chi connectivity index (χ3v) is 3.15. The third-order valence-electron chi connectivity index (χ3n) is 3.15. The van der Waals surface area contributed by atoms with Crippen LogP contribution >= 0.6 is 0 Å². The number of nitrogens with zero attached hydrogens (tertiary/aromatic N) is 1. The molecule has 3 rings (SSSR count). The fourth-order valence-electron chi connectivity index (χ4n) is 2.34. The Morgan fingerprint density at radius 3 is 2.56 bits per heavy atom. The second-order valence-electron chi connectivity index (χ2n) is 4.24. The Kier molecular flexibility index (Phi) is 1.95. The van der Waals surface area contributed by atoms with E-state index in [2.05, 4.69) is 19.9 Å². The van der Waals surface area contributed by atoms with Gasteiger partial charge >= 0.3 is 5.69 Å². The zero-order valence-corrected chi connectivity index (χ0v) is 8.67. The molecule has 1 saturated carbocycles. The van der Waals surface area contributed by atoms with Crippen LogP contribution in [0, 0.1) is 0 Å². The number of rotatable bonds is 1. The molecule has 0 saturated heterocycles. The van der Waals surface area contributed by atoms with E-state index in [0.29, 0.717) is 17.4 Å². The maximum absolute atomic E-state index is 11.7. The Morgan fingerprint density at radius 2 is 1.81 bits per heavy atom. The van der Waals surface area contributed by atoms with Crippen molar-refractivity contribution in [3.05, 3.63) is 26.7 Å². The second-order valence-corrected chi connectivity index (χ2v) is 4.24. The van der Waals surface area contributed by atoms with Gasteiger partial charge in [-0.2, -0.15) is 0 Å². The lowest BCUT2D eigenvalue weighted by molar-refractivity contribution is 0.668. The molecule has 3 N–H and O–H groups in total. The topological polar surface area (TPSA) is 94.4 Å². The minimum absolute atomic E-state index is 0.228. The lowest BCUT2D eigenvalue weighted by Gasteiger charge is -2.06. The summed E-state index contributed by atoms with van der Waals surface area (Å²) in [4.78, 5) is 34.7. The van der Waals surface area contributed by atoms with Crippen molar-refractivity contribution in [2.45, 2.75) is 31.6 Å². The summed E-state index contributed by atoms with van der Waals surface area (Å²) in [5, 5.41) is 0. The van der Waals surface area contributed by atoms with E-state index in [0.717, 1.165) is 12.8 Å². The maximum Gasteiger partial charge on any atom is 0.325 e. The zero-order valence-electron chi connectivity index (χ0n) is 8.67. The molecule has 1 aliphatic carbocycles. The maximum atomic E-state index is 11.7. The van der Waals surface area contributed by atoms with Crippen LogP contribution < -0.4 is 11.2 Å². The molecule has 0 radical (unpaired) electrons. The van der Waals surface area contributed by atoms with Crippen molar-refractivity contribution in [1.82, 2.24) is 19.9 Å². The monoisotopic (exact) mass is 220 g/mol. The van der Waals surface area contributed by atoms with E-state index in [1.54, 1.807) is 0 Å². The zero-order chi connectivity index (χ0) is 11.1. The molecule has 0 aromatic carbocycles. The van der Waals surface area contributed by atoms with Crippen LogP contribution in [0.2, 0.25) is 0 Å². The highest BCUT2D eigenvalue weighted by atomic mass is 16.1. The summed E-state index contributed by atoms with van der Waals surface area (Å²) in [6.07, 6.45) is 4.47. The average Bonchev–Trinajstić information content (AvgIpc) is 2.84. The van der Waals surface area contributed by atoms with E-state index in [9.17, 15) is 9.59 Å². The number of imidazole rings is 1. The summed E-state index contributed by atoms with van der Waals surface area (Å²) in [6.45, 7) is 0. The number of aromatic amines is 3. The van der Waals surface area contributed by atoms with E-state index in [1.807, 2.05) is 0 Å². The fourth-order valence-corrected chi connectivity index (χ4v) is 2.34. The molecule has 0 aliphatic heterocycles. The van der Waals surface area contributed by atoms with Crippen molar-refractivity contribution in [1.29, 1.82) is 0 Å². The van der Waals surface area contributed by atoms with E-state index in [4.69, 9.17) is 0 Å². The molecule has 6 nitrogen and oxygen atoms in total. The first-order valence-corrected chi connectivity index (χ1v) is 5.46. The number of aromatic nitrogens is 4. The van der Waals surface area contributed by atoms with Gasteiger partial charge in [0.25, 0.3) is 5.56 Å². The van der Waals surface area contributed by atoms with Crippen LogP contribution in [-0.2, 0) is 0 Å². The number of fused-ring (bicyclic) bond motifs is 1. The summed E-state index contributed by atoms with van der Waals surface area (Å²) in [6, 6.07) is 0. The molecule has 0 bridgehead atoms. The van der Waals surface area contributed by atoms with Crippen LogP contribution in [0.1, 0.15) is 37.4 Å². The average molecular weight is 220 g/mol. The standard InChI is InChI=1S/C10H12N4O2/c15-9-6-8(14-10(16)11-6)12-7(13-9)5-3-1-2-4-5/h5H,1-4H2,(H3,11,12,13,14,15,16). The van der Waals surface area contributed by atoms with Crippen molar-refractivity contribution in [3.8, 4) is 0 Å². The minimum Gasteiger partial charge on any atom is -0.308 e. The largest absolute Gasteiger partial charge is 0.325 e. The second kappa shape index (κ2) is 3.33. The highest BCUT2D eigenvalue weighted by Gasteiger charge is 2.20.